The van der Waals surface area contributed by atoms with E-state index in [1.54, 1.807) is 11.8 Å². The number of amides is 1. The zero-order valence-corrected chi connectivity index (χ0v) is 17.5. The molecule has 0 fully saturated rings. The van der Waals surface area contributed by atoms with E-state index >= 15 is 0 Å². The molecule has 2 aromatic rings. The van der Waals surface area contributed by atoms with Crippen LogP contribution in [0.1, 0.15) is 36.2 Å². The first-order valence-corrected chi connectivity index (χ1v) is 9.73. The highest BCUT2D eigenvalue weighted by Gasteiger charge is 2.26. The first-order chi connectivity index (χ1) is 13.8. The van der Waals surface area contributed by atoms with Crippen LogP contribution in [0.4, 0.5) is 5.82 Å². The third kappa shape index (κ3) is 4.17. The molecule has 29 heavy (non-hydrogen) atoms. The van der Waals surface area contributed by atoms with Crippen LogP contribution < -0.4 is 10.5 Å². The molecule has 0 saturated carbocycles. The van der Waals surface area contributed by atoms with Crippen molar-refractivity contribution in [2.45, 2.75) is 33.4 Å². The summed E-state index contributed by atoms with van der Waals surface area (Å²) in [6, 6.07) is 8.16. The molecule has 1 aromatic carbocycles. The van der Waals surface area contributed by atoms with Gasteiger partial charge in [-0.1, -0.05) is 6.07 Å². The van der Waals surface area contributed by atoms with Gasteiger partial charge in [0.2, 0.25) is 5.91 Å². The fourth-order valence-corrected chi connectivity index (χ4v) is 3.78. The molecule has 0 unspecified atom stereocenters. The molecule has 1 aliphatic heterocycles. The summed E-state index contributed by atoms with van der Waals surface area (Å²) in [7, 11) is 4.00. The van der Waals surface area contributed by atoms with Gasteiger partial charge in [0.1, 0.15) is 23.2 Å². The van der Waals surface area contributed by atoms with Gasteiger partial charge in [0.25, 0.3) is 0 Å². The Morgan fingerprint density at radius 3 is 2.79 bits per heavy atom. The Labute approximate surface area is 171 Å². The number of benzene rings is 1. The van der Waals surface area contributed by atoms with Crippen LogP contribution in [-0.4, -0.2) is 47.9 Å². The van der Waals surface area contributed by atoms with Crippen molar-refractivity contribution in [3.05, 3.63) is 40.6 Å². The third-order valence-electron chi connectivity index (χ3n) is 5.07. The van der Waals surface area contributed by atoms with Gasteiger partial charge >= 0.3 is 0 Å². The minimum atomic E-state index is 0.0110. The number of ether oxygens (including phenoxy) is 1. The zero-order valence-electron chi connectivity index (χ0n) is 17.5. The highest BCUT2D eigenvalue weighted by molar-refractivity contribution is 5.81. The number of pyridine rings is 1. The summed E-state index contributed by atoms with van der Waals surface area (Å²) < 4.78 is 5.79. The topological polar surface area (TPSA) is 95.5 Å². The van der Waals surface area contributed by atoms with Crippen molar-refractivity contribution >= 4 is 11.7 Å². The first-order valence-electron chi connectivity index (χ1n) is 9.73. The van der Waals surface area contributed by atoms with Crippen molar-refractivity contribution < 1.29 is 9.53 Å². The predicted octanol–water partition coefficient (Wildman–Crippen LogP) is 2.57. The minimum Gasteiger partial charge on any atom is -0.494 e. The Morgan fingerprint density at radius 1 is 1.41 bits per heavy atom. The van der Waals surface area contributed by atoms with Crippen molar-refractivity contribution in [2.24, 2.45) is 0 Å². The number of hydrogen-bond donors (Lipinski definition) is 1. The first kappa shape index (κ1) is 20.6. The Bertz CT molecular complexity index is 978. The quantitative estimate of drug-likeness (QED) is 0.839. The van der Waals surface area contributed by atoms with Gasteiger partial charge < -0.3 is 20.3 Å². The molecule has 2 N–H and O–H groups in total. The lowest BCUT2D eigenvalue weighted by molar-refractivity contribution is -0.129. The predicted molar refractivity (Wildman–Crippen MR) is 112 cm³/mol. The number of nitrogens with zero attached hydrogens (tertiary/aromatic N) is 4. The van der Waals surface area contributed by atoms with E-state index in [0.29, 0.717) is 38.2 Å². The summed E-state index contributed by atoms with van der Waals surface area (Å²) in [5.41, 5.74) is 10.9. The van der Waals surface area contributed by atoms with Gasteiger partial charge in [-0.2, -0.15) is 5.26 Å². The minimum absolute atomic E-state index is 0.0110. The van der Waals surface area contributed by atoms with Gasteiger partial charge in [0.05, 0.1) is 12.3 Å². The summed E-state index contributed by atoms with van der Waals surface area (Å²) in [5.74, 6) is 1.07. The molecular formula is C22H27N5O2. The summed E-state index contributed by atoms with van der Waals surface area (Å²) in [6.07, 6.45) is 0.624. The SMILES string of the molecule is CCOc1ccc(-c2c(C#N)c(N)nc3c2CN(C(C)=O)CC3)cc1CN(C)C. The zero-order chi connectivity index (χ0) is 21.1. The van der Waals surface area contributed by atoms with Gasteiger partial charge in [0.15, 0.2) is 0 Å². The molecule has 0 radical (unpaired) electrons. The van der Waals surface area contributed by atoms with Crippen LogP contribution >= 0.6 is 0 Å². The van der Waals surface area contributed by atoms with E-state index in [1.165, 1.54) is 0 Å². The molecule has 1 aliphatic rings. The molecule has 0 atom stereocenters. The smallest absolute Gasteiger partial charge is 0.219 e. The van der Waals surface area contributed by atoms with E-state index in [0.717, 1.165) is 33.7 Å². The fourth-order valence-electron chi connectivity index (χ4n) is 3.78. The molecule has 152 valence electrons. The molecule has 3 rings (SSSR count). The highest BCUT2D eigenvalue weighted by Crippen LogP contribution is 2.37. The number of nitrogen functional groups attached to an aromatic ring is 1. The van der Waals surface area contributed by atoms with E-state index in [9.17, 15) is 10.1 Å². The van der Waals surface area contributed by atoms with Crippen molar-refractivity contribution in [3.8, 4) is 22.9 Å². The Morgan fingerprint density at radius 2 is 2.17 bits per heavy atom. The molecule has 1 aromatic heterocycles. The summed E-state index contributed by atoms with van der Waals surface area (Å²) >= 11 is 0. The van der Waals surface area contributed by atoms with Crippen LogP contribution in [0.25, 0.3) is 11.1 Å². The van der Waals surface area contributed by atoms with Gasteiger partial charge in [-0.25, -0.2) is 4.98 Å². The van der Waals surface area contributed by atoms with E-state index in [2.05, 4.69) is 16.0 Å². The number of nitriles is 1. The molecule has 0 bridgehead atoms. The maximum atomic E-state index is 12.0. The maximum Gasteiger partial charge on any atom is 0.219 e. The third-order valence-corrected chi connectivity index (χ3v) is 5.07. The molecule has 1 amide bonds. The Balaban J connectivity index is 2.21. The van der Waals surface area contributed by atoms with Gasteiger partial charge in [0, 0.05) is 49.7 Å². The lowest BCUT2D eigenvalue weighted by Crippen LogP contribution is -2.35. The molecule has 0 aliphatic carbocycles. The number of nitrogens with two attached hydrogens (primary N) is 1. The van der Waals surface area contributed by atoms with E-state index < -0.39 is 0 Å². The van der Waals surface area contributed by atoms with Crippen LogP contribution in [0, 0.1) is 11.3 Å². The van der Waals surface area contributed by atoms with Gasteiger partial charge in [-0.05, 0) is 38.7 Å². The average molecular weight is 393 g/mol. The molecule has 2 heterocycles. The summed E-state index contributed by atoms with van der Waals surface area (Å²) in [4.78, 5) is 20.3. The molecule has 0 saturated heterocycles. The second-order valence-electron chi connectivity index (χ2n) is 7.47. The van der Waals surface area contributed by atoms with Crippen LogP contribution in [0.3, 0.4) is 0 Å². The van der Waals surface area contributed by atoms with Crippen molar-refractivity contribution in [2.75, 3.05) is 33.0 Å². The normalized spacial score (nSPS) is 13.2. The second-order valence-corrected chi connectivity index (χ2v) is 7.47. The van der Waals surface area contributed by atoms with Crippen molar-refractivity contribution in [3.63, 3.8) is 0 Å². The number of hydrogen-bond acceptors (Lipinski definition) is 6. The number of carbonyl (C=O) groups excluding carboxylic acids is 1. The van der Waals surface area contributed by atoms with E-state index in [4.69, 9.17) is 10.5 Å². The average Bonchev–Trinajstić information content (AvgIpc) is 2.67. The number of anilines is 1. The Hall–Kier alpha value is -3.11. The number of aromatic nitrogens is 1. The highest BCUT2D eigenvalue weighted by atomic mass is 16.5. The number of fused-ring (bicyclic) bond motifs is 1. The standard InChI is InChI=1S/C22H27N5O2/c1-5-29-20-7-6-15(10-16(20)12-26(3)4)21-17(11-23)22(24)25-19-8-9-27(14(2)28)13-18(19)21/h6-7,10H,5,8-9,12-13H2,1-4H3,(H2,24,25). The van der Waals surface area contributed by atoms with Crippen LogP contribution in [0.5, 0.6) is 5.75 Å². The van der Waals surface area contributed by atoms with Gasteiger partial charge in [-0.3, -0.25) is 4.79 Å². The largest absolute Gasteiger partial charge is 0.494 e. The van der Waals surface area contributed by atoms with Crippen LogP contribution in [0.15, 0.2) is 18.2 Å². The molecule has 7 heteroatoms. The molecular weight excluding hydrogens is 366 g/mol. The Kier molecular flexibility index (Phi) is 6.04. The van der Waals surface area contributed by atoms with E-state index in [1.807, 2.05) is 39.2 Å². The monoisotopic (exact) mass is 393 g/mol. The van der Waals surface area contributed by atoms with Crippen LogP contribution in [0.2, 0.25) is 0 Å². The van der Waals surface area contributed by atoms with Gasteiger partial charge in [-0.15, -0.1) is 0 Å². The number of carbonyl (C=O) groups is 1. The molecule has 7 nitrogen and oxygen atoms in total. The maximum absolute atomic E-state index is 12.0. The lowest BCUT2D eigenvalue weighted by Gasteiger charge is -2.30. The van der Waals surface area contributed by atoms with E-state index in [-0.39, 0.29) is 11.7 Å². The number of rotatable bonds is 5. The molecule has 0 spiro atoms. The van der Waals surface area contributed by atoms with Crippen LogP contribution in [-0.2, 0) is 24.3 Å². The summed E-state index contributed by atoms with van der Waals surface area (Å²) in [5, 5.41) is 9.81. The second kappa shape index (κ2) is 8.50. The summed E-state index contributed by atoms with van der Waals surface area (Å²) in [6.45, 7) is 5.83. The van der Waals surface area contributed by atoms with Crippen molar-refractivity contribution in [1.82, 2.24) is 14.8 Å². The lowest BCUT2D eigenvalue weighted by atomic mass is 9.90. The van der Waals surface area contributed by atoms with Crippen molar-refractivity contribution in [1.29, 1.82) is 5.26 Å². The fraction of sp³-hybridized carbons (Fsp3) is 0.409.